The smallest absolute Gasteiger partial charge is 0.129 e. The molecule has 1 aromatic heterocycles. The standard InChI is InChI=1S/C11H17N3/c1-8-6-11(13-7-10(8)12)14-5-3-4-9(14)2/h6-7,9H,3-5,12H2,1-2H3. The second-order valence-electron chi connectivity index (χ2n) is 4.08. The number of nitrogens with zero attached hydrogens (tertiary/aromatic N) is 2. The van der Waals surface area contributed by atoms with Gasteiger partial charge in [-0.05, 0) is 38.3 Å². The van der Waals surface area contributed by atoms with Gasteiger partial charge in [0.25, 0.3) is 0 Å². The summed E-state index contributed by atoms with van der Waals surface area (Å²) in [6.07, 6.45) is 4.30. The SMILES string of the molecule is Cc1cc(N2CCCC2C)ncc1N. The van der Waals surface area contributed by atoms with Crippen molar-refractivity contribution in [2.45, 2.75) is 32.7 Å². The maximum Gasteiger partial charge on any atom is 0.129 e. The molecule has 1 fully saturated rings. The van der Waals surface area contributed by atoms with Crippen LogP contribution < -0.4 is 10.6 Å². The van der Waals surface area contributed by atoms with Crippen molar-refractivity contribution in [3.05, 3.63) is 17.8 Å². The van der Waals surface area contributed by atoms with Gasteiger partial charge in [0.15, 0.2) is 0 Å². The number of aromatic nitrogens is 1. The van der Waals surface area contributed by atoms with E-state index in [4.69, 9.17) is 5.73 Å². The maximum atomic E-state index is 5.74. The van der Waals surface area contributed by atoms with Crippen LogP contribution in [0.1, 0.15) is 25.3 Å². The third-order valence-corrected chi connectivity index (χ3v) is 2.98. The van der Waals surface area contributed by atoms with Gasteiger partial charge in [-0.1, -0.05) is 0 Å². The molecular formula is C11H17N3. The number of nitrogen functional groups attached to an aromatic ring is 1. The minimum Gasteiger partial charge on any atom is -0.397 e. The summed E-state index contributed by atoms with van der Waals surface area (Å²) < 4.78 is 0. The van der Waals surface area contributed by atoms with E-state index in [2.05, 4.69) is 22.9 Å². The van der Waals surface area contributed by atoms with E-state index < -0.39 is 0 Å². The molecule has 2 heterocycles. The Morgan fingerprint density at radius 2 is 2.36 bits per heavy atom. The Balaban J connectivity index is 2.28. The number of aryl methyl sites for hydroxylation is 1. The van der Waals surface area contributed by atoms with Gasteiger partial charge in [-0.3, -0.25) is 0 Å². The Bertz CT molecular complexity index is 335. The van der Waals surface area contributed by atoms with E-state index in [9.17, 15) is 0 Å². The first-order valence-corrected chi connectivity index (χ1v) is 5.17. The van der Waals surface area contributed by atoms with Crippen LogP contribution in [0.2, 0.25) is 0 Å². The molecular weight excluding hydrogens is 174 g/mol. The molecule has 0 saturated carbocycles. The zero-order chi connectivity index (χ0) is 10.1. The molecule has 1 atom stereocenters. The zero-order valence-electron chi connectivity index (χ0n) is 8.83. The first kappa shape index (κ1) is 9.31. The lowest BCUT2D eigenvalue weighted by atomic mass is 10.2. The lowest BCUT2D eigenvalue weighted by molar-refractivity contribution is 0.727. The Labute approximate surface area is 84.9 Å². The van der Waals surface area contributed by atoms with E-state index in [-0.39, 0.29) is 0 Å². The summed E-state index contributed by atoms with van der Waals surface area (Å²) in [5.41, 5.74) is 7.64. The van der Waals surface area contributed by atoms with E-state index in [0.717, 1.165) is 23.6 Å². The van der Waals surface area contributed by atoms with Gasteiger partial charge in [0.2, 0.25) is 0 Å². The van der Waals surface area contributed by atoms with Crippen molar-refractivity contribution in [2.24, 2.45) is 0 Å². The summed E-state index contributed by atoms with van der Waals surface area (Å²) in [5.74, 6) is 1.07. The van der Waals surface area contributed by atoms with Gasteiger partial charge < -0.3 is 10.6 Å². The van der Waals surface area contributed by atoms with Gasteiger partial charge in [0.1, 0.15) is 5.82 Å². The topological polar surface area (TPSA) is 42.2 Å². The molecule has 1 saturated heterocycles. The predicted octanol–water partition coefficient (Wildman–Crippen LogP) is 1.96. The number of hydrogen-bond donors (Lipinski definition) is 1. The molecule has 14 heavy (non-hydrogen) atoms. The molecule has 2 rings (SSSR count). The molecule has 0 spiro atoms. The molecule has 0 amide bonds. The molecule has 3 heteroatoms. The molecule has 2 N–H and O–H groups in total. The van der Waals surface area contributed by atoms with E-state index in [1.54, 1.807) is 6.20 Å². The molecule has 0 aliphatic carbocycles. The quantitative estimate of drug-likeness (QED) is 0.737. The van der Waals surface area contributed by atoms with Crippen molar-refractivity contribution >= 4 is 11.5 Å². The minimum absolute atomic E-state index is 0.616. The summed E-state index contributed by atoms with van der Waals surface area (Å²) in [6, 6.07) is 2.70. The molecule has 1 aromatic rings. The van der Waals surface area contributed by atoms with Gasteiger partial charge in [0.05, 0.1) is 11.9 Å². The highest BCUT2D eigenvalue weighted by Crippen LogP contribution is 2.25. The van der Waals surface area contributed by atoms with E-state index >= 15 is 0 Å². The lowest BCUT2D eigenvalue weighted by Gasteiger charge is -2.22. The fourth-order valence-corrected chi connectivity index (χ4v) is 1.98. The van der Waals surface area contributed by atoms with Crippen molar-refractivity contribution < 1.29 is 0 Å². The van der Waals surface area contributed by atoms with E-state index in [0.29, 0.717) is 6.04 Å². The number of pyridine rings is 1. The van der Waals surface area contributed by atoms with Gasteiger partial charge in [-0.25, -0.2) is 4.98 Å². The van der Waals surface area contributed by atoms with Gasteiger partial charge in [-0.15, -0.1) is 0 Å². The van der Waals surface area contributed by atoms with Crippen LogP contribution in [0, 0.1) is 6.92 Å². The van der Waals surface area contributed by atoms with Gasteiger partial charge in [0, 0.05) is 12.6 Å². The van der Waals surface area contributed by atoms with E-state index in [1.807, 2.05) is 6.92 Å². The van der Waals surface area contributed by atoms with Crippen LogP contribution in [0.15, 0.2) is 12.3 Å². The summed E-state index contributed by atoms with van der Waals surface area (Å²) in [7, 11) is 0. The van der Waals surface area contributed by atoms with Crippen molar-refractivity contribution in [1.29, 1.82) is 0 Å². The molecule has 1 aliphatic heterocycles. The number of hydrogen-bond acceptors (Lipinski definition) is 3. The third-order valence-electron chi connectivity index (χ3n) is 2.98. The van der Waals surface area contributed by atoms with Crippen LogP contribution in [0.3, 0.4) is 0 Å². The molecule has 1 unspecified atom stereocenters. The van der Waals surface area contributed by atoms with Crippen molar-refractivity contribution in [3.8, 4) is 0 Å². The highest BCUT2D eigenvalue weighted by atomic mass is 15.2. The predicted molar refractivity (Wildman–Crippen MR) is 59.4 cm³/mol. The van der Waals surface area contributed by atoms with Crippen LogP contribution in [-0.4, -0.2) is 17.6 Å². The number of nitrogens with two attached hydrogens (primary N) is 1. The second kappa shape index (κ2) is 3.48. The number of anilines is 2. The van der Waals surface area contributed by atoms with Gasteiger partial charge >= 0.3 is 0 Å². The largest absolute Gasteiger partial charge is 0.397 e. The molecule has 3 nitrogen and oxygen atoms in total. The Morgan fingerprint density at radius 3 is 2.93 bits per heavy atom. The number of rotatable bonds is 1. The summed E-state index contributed by atoms with van der Waals surface area (Å²) in [6.45, 7) is 5.40. The van der Waals surface area contributed by atoms with Gasteiger partial charge in [-0.2, -0.15) is 0 Å². The third kappa shape index (κ3) is 1.54. The molecule has 0 bridgehead atoms. The summed E-state index contributed by atoms with van der Waals surface area (Å²) in [4.78, 5) is 6.73. The summed E-state index contributed by atoms with van der Waals surface area (Å²) in [5, 5.41) is 0. The molecule has 0 radical (unpaired) electrons. The second-order valence-corrected chi connectivity index (χ2v) is 4.08. The van der Waals surface area contributed by atoms with Crippen molar-refractivity contribution in [1.82, 2.24) is 4.98 Å². The van der Waals surface area contributed by atoms with Crippen LogP contribution >= 0.6 is 0 Å². The van der Waals surface area contributed by atoms with Crippen LogP contribution in [0.4, 0.5) is 11.5 Å². The molecule has 0 aromatic carbocycles. The minimum atomic E-state index is 0.616. The fourth-order valence-electron chi connectivity index (χ4n) is 1.98. The average molecular weight is 191 g/mol. The highest BCUT2D eigenvalue weighted by molar-refractivity contribution is 5.52. The van der Waals surface area contributed by atoms with Crippen LogP contribution in [-0.2, 0) is 0 Å². The lowest BCUT2D eigenvalue weighted by Crippen LogP contribution is -2.27. The molecule has 76 valence electrons. The van der Waals surface area contributed by atoms with Crippen molar-refractivity contribution in [3.63, 3.8) is 0 Å². The van der Waals surface area contributed by atoms with E-state index in [1.165, 1.54) is 12.8 Å². The van der Waals surface area contributed by atoms with Crippen molar-refractivity contribution in [2.75, 3.05) is 17.2 Å². The summed E-state index contributed by atoms with van der Waals surface area (Å²) >= 11 is 0. The molecule has 1 aliphatic rings. The average Bonchev–Trinajstić information content (AvgIpc) is 2.57. The Hall–Kier alpha value is -1.25. The first-order valence-electron chi connectivity index (χ1n) is 5.17. The Morgan fingerprint density at radius 1 is 1.57 bits per heavy atom. The normalized spacial score (nSPS) is 21.6. The highest BCUT2D eigenvalue weighted by Gasteiger charge is 2.21. The monoisotopic (exact) mass is 191 g/mol. The van der Waals surface area contributed by atoms with Crippen LogP contribution in [0.5, 0.6) is 0 Å². The van der Waals surface area contributed by atoms with Crippen LogP contribution in [0.25, 0.3) is 0 Å². The first-order chi connectivity index (χ1) is 6.68. The fraction of sp³-hybridized carbons (Fsp3) is 0.545. The maximum absolute atomic E-state index is 5.74. The Kier molecular flexibility index (Phi) is 2.32. The zero-order valence-corrected chi connectivity index (χ0v) is 8.83.